The summed E-state index contributed by atoms with van der Waals surface area (Å²) in [5, 5.41) is 4.78. The van der Waals surface area contributed by atoms with Gasteiger partial charge in [-0.3, -0.25) is 10.1 Å². The van der Waals surface area contributed by atoms with E-state index in [2.05, 4.69) is 31.0 Å². The average Bonchev–Trinajstić information content (AvgIpc) is 2.95. The summed E-state index contributed by atoms with van der Waals surface area (Å²) in [6.07, 6.45) is 0. The second kappa shape index (κ2) is 5.81. The van der Waals surface area contributed by atoms with E-state index < -0.39 is 5.97 Å². The highest BCUT2D eigenvalue weighted by Gasteiger charge is 2.17. The average molecular weight is 361 g/mol. The van der Waals surface area contributed by atoms with Gasteiger partial charge in [-0.1, -0.05) is 11.3 Å². The summed E-state index contributed by atoms with van der Waals surface area (Å²) in [6, 6.07) is 1.72. The number of nitrogens with one attached hydrogen (secondary N) is 1. The molecule has 0 aliphatic carbocycles. The number of nitrogens with zero attached hydrogens (tertiary/aromatic N) is 1. The Bertz CT molecular complexity index is 636. The van der Waals surface area contributed by atoms with E-state index in [-0.39, 0.29) is 5.91 Å². The summed E-state index contributed by atoms with van der Waals surface area (Å²) in [5.74, 6) is -0.708. The third-order valence-electron chi connectivity index (χ3n) is 2.22. The van der Waals surface area contributed by atoms with E-state index in [4.69, 9.17) is 0 Å². The summed E-state index contributed by atoms with van der Waals surface area (Å²) in [5.41, 5.74) is 1.09. The topological polar surface area (TPSA) is 68.3 Å². The van der Waals surface area contributed by atoms with Gasteiger partial charge in [0.1, 0.15) is 4.88 Å². The van der Waals surface area contributed by atoms with Crippen molar-refractivity contribution < 1.29 is 14.3 Å². The van der Waals surface area contributed by atoms with Crippen LogP contribution in [0.5, 0.6) is 0 Å². The van der Waals surface area contributed by atoms with Crippen molar-refractivity contribution in [3.05, 3.63) is 31.4 Å². The van der Waals surface area contributed by atoms with E-state index >= 15 is 0 Å². The smallest absolute Gasteiger partial charge is 0.350 e. The number of anilines is 1. The van der Waals surface area contributed by atoms with Crippen LogP contribution in [0.1, 0.15) is 25.7 Å². The predicted octanol–water partition coefficient (Wildman–Crippen LogP) is 3.31. The van der Waals surface area contributed by atoms with Gasteiger partial charge in [0.15, 0.2) is 5.13 Å². The van der Waals surface area contributed by atoms with Crippen molar-refractivity contribution in [1.29, 1.82) is 0 Å². The fraction of sp³-hybridized carbons (Fsp3) is 0.182. The molecule has 0 unspecified atom stereocenters. The third kappa shape index (κ3) is 3.20. The largest absolute Gasteiger partial charge is 0.465 e. The van der Waals surface area contributed by atoms with Gasteiger partial charge in [0.25, 0.3) is 5.91 Å². The highest BCUT2D eigenvalue weighted by molar-refractivity contribution is 9.11. The quantitative estimate of drug-likeness (QED) is 0.852. The molecule has 2 aromatic heterocycles. The Hall–Kier alpha value is -1.25. The van der Waals surface area contributed by atoms with Crippen molar-refractivity contribution in [2.45, 2.75) is 6.92 Å². The molecule has 0 aliphatic rings. The van der Waals surface area contributed by atoms with Gasteiger partial charge in [-0.05, 0) is 28.9 Å². The van der Waals surface area contributed by atoms with Gasteiger partial charge < -0.3 is 4.74 Å². The van der Waals surface area contributed by atoms with Gasteiger partial charge >= 0.3 is 5.97 Å². The van der Waals surface area contributed by atoms with Crippen molar-refractivity contribution in [2.75, 3.05) is 12.4 Å². The minimum Gasteiger partial charge on any atom is -0.465 e. The van der Waals surface area contributed by atoms with E-state index in [9.17, 15) is 9.59 Å². The molecule has 0 saturated heterocycles. The number of hydrogen-bond acceptors (Lipinski definition) is 6. The van der Waals surface area contributed by atoms with Crippen LogP contribution >= 0.6 is 38.6 Å². The molecule has 0 aliphatic heterocycles. The van der Waals surface area contributed by atoms with Crippen molar-refractivity contribution in [3.63, 3.8) is 0 Å². The van der Waals surface area contributed by atoms with Crippen LogP contribution in [0, 0.1) is 6.92 Å². The molecule has 0 spiro atoms. The standard InChI is InChI=1S/C11H9BrN2O3S2/c1-5-8(10(16)17-2)19-11(13-5)14-9(15)6-3-7(12)18-4-6/h3-4H,1-2H3,(H,13,14,15). The summed E-state index contributed by atoms with van der Waals surface area (Å²) >= 11 is 5.82. The van der Waals surface area contributed by atoms with Crippen LogP contribution in [0.4, 0.5) is 5.13 Å². The Morgan fingerprint density at radius 2 is 2.21 bits per heavy atom. The van der Waals surface area contributed by atoms with Crippen molar-refractivity contribution in [1.82, 2.24) is 4.98 Å². The number of methoxy groups -OCH3 is 1. The van der Waals surface area contributed by atoms with E-state index in [1.54, 1.807) is 18.4 Å². The summed E-state index contributed by atoms with van der Waals surface area (Å²) in [7, 11) is 1.31. The summed E-state index contributed by atoms with van der Waals surface area (Å²) in [6.45, 7) is 1.69. The Kier molecular flexibility index (Phi) is 4.33. The number of thiophene rings is 1. The van der Waals surface area contributed by atoms with Crippen molar-refractivity contribution in [2.24, 2.45) is 0 Å². The van der Waals surface area contributed by atoms with Crippen LogP contribution < -0.4 is 5.32 Å². The lowest BCUT2D eigenvalue weighted by molar-refractivity contribution is 0.0605. The third-order valence-corrected chi connectivity index (χ3v) is 4.77. The molecule has 8 heteroatoms. The van der Waals surface area contributed by atoms with Gasteiger partial charge in [-0.25, -0.2) is 9.78 Å². The molecule has 1 amide bonds. The second-order valence-corrected chi connectivity index (χ2v) is 6.81. The first kappa shape index (κ1) is 14.2. The van der Waals surface area contributed by atoms with Crippen molar-refractivity contribution in [3.8, 4) is 0 Å². The Morgan fingerprint density at radius 1 is 1.47 bits per heavy atom. The normalized spacial score (nSPS) is 10.3. The fourth-order valence-corrected chi connectivity index (χ4v) is 3.35. The minimum absolute atomic E-state index is 0.257. The maximum Gasteiger partial charge on any atom is 0.350 e. The molecular formula is C11H9BrN2O3S2. The molecule has 19 heavy (non-hydrogen) atoms. The predicted molar refractivity (Wildman–Crippen MR) is 78.2 cm³/mol. The molecule has 0 aromatic carbocycles. The SMILES string of the molecule is COC(=O)c1sc(NC(=O)c2csc(Br)c2)nc1C. The lowest BCUT2D eigenvalue weighted by Crippen LogP contribution is -2.10. The fourth-order valence-electron chi connectivity index (χ4n) is 1.33. The number of hydrogen-bond donors (Lipinski definition) is 1. The van der Waals surface area contributed by atoms with E-state index in [0.29, 0.717) is 21.3 Å². The summed E-state index contributed by atoms with van der Waals surface area (Å²) in [4.78, 5) is 27.9. The Morgan fingerprint density at radius 3 is 2.79 bits per heavy atom. The van der Waals surface area contributed by atoms with Crippen LogP contribution in [-0.4, -0.2) is 24.0 Å². The number of amides is 1. The molecule has 0 bridgehead atoms. The number of halogens is 1. The molecule has 5 nitrogen and oxygen atoms in total. The number of ether oxygens (including phenoxy) is 1. The molecule has 0 radical (unpaired) electrons. The van der Waals surface area contributed by atoms with E-state index in [0.717, 1.165) is 15.1 Å². The minimum atomic E-state index is -0.450. The van der Waals surface area contributed by atoms with Crippen molar-refractivity contribution >= 4 is 55.6 Å². The molecule has 1 N–H and O–H groups in total. The maximum absolute atomic E-state index is 11.9. The Labute approximate surface area is 125 Å². The molecule has 0 fully saturated rings. The number of esters is 1. The highest BCUT2D eigenvalue weighted by atomic mass is 79.9. The van der Waals surface area contributed by atoms with Crippen LogP contribution in [0.25, 0.3) is 0 Å². The van der Waals surface area contributed by atoms with Crippen LogP contribution in [0.2, 0.25) is 0 Å². The van der Waals surface area contributed by atoms with Gasteiger partial charge in [0.05, 0.1) is 22.2 Å². The molecule has 0 atom stereocenters. The first-order chi connectivity index (χ1) is 9.01. The van der Waals surface area contributed by atoms with Crippen LogP contribution in [0.15, 0.2) is 15.2 Å². The zero-order valence-corrected chi connectivity index (χ0v) is 13.2. The van der Waals surface area contributed by atoms with Gasteiger partial charge in [0, 0.05) is 5.38 Å². The monoisotopic (exact) mass is 360 g/mol. The van der Waals surface area contributed by atoms with E-state index in [1.165, 1.54) is 18.4 Å². The lowest BCUT2D eigenvalue weighted by Gasteiger charge is -1.97. The second-order valence-electron chi connectivity index (χ2n) is 3.52. The van der Waals surface area contributed by atoms with E-state index in [1.807, 2.05) is 0 Å². The first-order valence-electron chi connectivity index (χ1n) is 5.12. The number of carbonyl (C=O) groups is 2. The molecule has 2 aromatic rings. The number of thiazole rings is 1. The number of aryl methyl sites for hydroxylation is 1. The molecule has 0 saturated carbocycles. The van der Waals surface area contributed by atoms with Crippen LogP contribution in [0.3, 0.4) is 0 Å². The molecule has 100 valence electrons. The van der Waals surface area contributed by atoms with Gasteiger partial charge in [0.2, 0.25) is 0 Å². The van der Waals surface area contributed by atoms with Gasteiger partial charge in [-0.15, -0.1) is 11.3 Å². The zero-order valence-electron chi connectivity index (χ0n) is 10.0. The molecule has 2 heterocycles. The summed E-state index contributed by atoms with van der Waals surface area (Å²) < 4.78 is 5.52. The maximum atomic E-state index is 11.9. The highest BCUT2D eigenvalue weighted by Crippen LogP contribution is 2.25. The molecule has 2 rings (SSSR count). The molecular weight excluding hydrogens is 352 g/mol. The first-order valence-corrected chi connectivity index (χ1v) is 7.61. The Balaban J connectivity index is 2.16. The number of carbonyl (C=O) groups excluding carboxylic acids is 2. The zero-order chi connectivity index (χ0) is 14.0. The van der Waals surface area contributed by atoms with Crippen LogP contribution in [-0.2, 0) is 4.74 Å². The number of rotatable bonds is 3. The lowest BCUT2D eigenvalue weighted by atomic mass is 10.3. The number of aromatic nitrogens is 1. The van der Waals surface area contributed by atoms with Gasteiger partial charge in [-0.2, -0.15) is 0 Å².